The molecule has 1 aliphatic heterocycles. The third-order valence-corrected chi connectivity index (χ3v) is 9.54. The van der Waals surface area contributed by atoms with E-state index in [4.69, 9.17) is 4.74 Å². The summed E-state index contributed by atoms with van der Waals surface area (Å²) < 4.78 is 7.22. The van der Waals surface area contributed by atoms with Gasteiger partial charge < -0.3 is 4.74 Å². The van der Waals surface area contributed by atoms with Crippen molar-refractivity contribution in [2.45, 2.75) is 25.4 Å². The van der Waals surface area contributed by atoms with Crippen molar-refractivity contribution in [2.75, 3.05) is 4.90 Å². The molecule has 1 aliphatic carbocycles. The molecule has 1 unspecified atom stereocenters. The lowest BCUT2D eigenvalue weighted by Gasteiger charge is -2.35. The maximum Gasteiger partial charge on any atom is 0.315 e. The maximum atomic E-state index is 14.8. The second-order valence-electron chi connectivity index (χ2n) is 11.3. The minimum absolute atomic E-state index is 0.0387. The Morgan fingerprint density at radius 3 is 2.11 bits per heavy atom. The molecule has 0 N–H and O–H groups in total. The van der Waals surface area contributed by atoms with Crippen LogP contribution in [0.5, 0.6) is 0 Å². The number of carbonyl (C=O) groups excluding carboxylic acids is 5. The molecule has 9 heteroatoms. The van der Waals surface area contributed by atoms with Crippen LogP contribution in [0, 0.1) is 11.8 Å². The summed E-state index contributed by atoms with van der Waals surface area (Å²) in [7, 11) is 0. The zero-order valence-electron chi connectivity index (χ0n) is 24.6. The summed E-state index contributed by atoms with van der Waals surface area (Å²) in [6.07, 6.45) is 1.37. The van der Waals surface area contributed by atoms with Gasteiger partial charge in [-0.15, -0.1) is 0 Å². The van der Waals surface area contributed by atoms with E-state index in [1.54, 1.807) is 91.0 Å². The van der Waals surface area contributed by atoms with Gasteiger partial charge in [0.05, 0.1) is 5.69 Å². The third-order valence-electron chi connectivity index (χ3n) is 8.55. The third kappa shape index (κ3) is 5.48. The van der Waals surface area contributed by atoms with E-state index in [1.807, 2.05) is 18.2 Å². The van der Waals surface area contributed by atoms with Gasteiger partial charge in [0.25, 0.3) is 0 Å². The van der Waals surface area contributed by atoms with Crippen molar-refractivity contribution >= 4 is 66.9 Å². The van der Waals surface area contributed by atoms with Gasteiger partial charge in [0.1, 0.15) is 17.9 Å². The first kappa shape index (κ1) is 31.5. The molecule has 7 nitrogen and oxygen atoms in total. The van der Waals surface area contributed by atoms with Crippen LogP contribution >= 0.6 is 31.9 Å². The minimum Gasteiger partial charge on any atom is -0.460 e. The smallest absolute Gasteiger partial charge is 0.315 e. The number of benzene rings is 4. The van der Waals surface area contributed by atoms with E-state index in [0.29, 0.717) is 25.8 Å². The number of Topliss-reactive ketones (excluding diaryl/α,β-unsaturated/α-hetero) is 2. The molecular formula is C37H27Br2NO6. The van der Waals surface area contributed by atoms with Gasteiger partial charge >= 0.3 is 5.97 Å². The standard InChI is InChI=1S/C37H27Br2NO6/c1-22(41)40-31-16-6-5-15-30(31)37(36(40)45)26(20-32(42)24-11-7-13-27(38)17-24)19-29(34(43)25-12-8-14-28(39)18-25)33(37)35(44)46-21-23-9-3-2-4-10-23/h2-19,26,33H,20-21H2,1H3/t26-,33?,37-/m0/s1. The summed E-state index contributed by atoms with van der Waals surface area (Å²) in [6.45, 7) is 1.17. The molecule has 0 aromatic heterocycles. The van der Waals surface area contributed by atoms with Crippen LogP contribution in [0.25, 0.3) is 0 Å². The normalized spacial score (nSPS) is 19.9. The van der Waals surface area contributed by atoms with Gasteiger partial charge in [0.2, 0.25) is 11.8 Å². The number of esters is 1. The number of rotatable bonds is 8. The minimum atomic E-state index is -1.80. The fourth-order valence-electron chi connectivity index (χ4n) is 6.61. The number of anilines is 1. The summed E-state index contributed by atoms with van der Waals surface area (Å²) >= 11 is 6.83. The van der Waals surface area contributed by atoms with Crippen LogP contribution in [0.3, 0.4) is 0 Å². The average molecular weight is 741 g/mol. The van der Waals surface area contributed by atoms with Crippen LogP contribution in [-0.4, -0.2) is 29.4 Å². The molecule has 46 heavy (non-hydrogen) atoms. The molecule has 6 rings (SSSR count). The van der Waals surface area contributed by atoms with E-state index in [-0.39, 0.29) is 29.9 Å². The van der Waals surface area contributed by atoms with Gasteiger partial charge in [0, 0.05) is 44.9 Å². The number of ether oxygens (including phenoxy) is 1. The molecule has 4 aromatic carbocycles. The van der Waals surface area contributed by atoms with Crippen LogP contribution in [0.4, 0.5) is 5.69 Å². The lowest BCUT2D eigenvalue weighted by Crippen LogP contribution is -2.52. The van der Waals surface area contributed by atoms with E-state index in [9.17, 15) is 24.0 Å². The Bertz CT molecular complexity index is 1940. The van der Waals surface area contributed by atoms with Crippen molar-refractivity contribution in [1.29, 1.82) is 0 Å². The van der Waals surface area contributed by atoms with Crippen LogP contribution in [0.2, 0.25) is 0 Å². The van der Waals surface area contributed by atoms with Crippen LogP contribution in [-0.2, 0) is 31.1 Å². The predicted molar refractivity (Wildman–Crippen MR) is 179 cm³/mol. The fraction of sp³-hybridized carbons (Fsp3) is 0.162. The molecule has 0 saturated carbocycles. The molecule has 1 heterocycles. The molecule has 0 bridgehead atoms. The fourth-order valence-corrected chi connectivity index (χ4v) is 7.41. The number of halogens is 2. The Morgan fingerprint density at radius 2 is 1.43 bits per heavy atom. The second kappa shape index (κ2) is 12.7. The number of hydrogen-bond acceptors (Lipinski definition) is 6. The molecule has 2 aliphatic rings. The number of carbonyl (C=O) groups is 5. The molecule has 0 radical (unpaired) electrons. The Hall–Kier alpha value is -4.47. The van der Waals surface area contributed by atoms with Crippen LogP contribution < -0.4 is 4.90 Å². The first-order chi connectivity index (χ1) is 22.1. The summed E-state index contributed by atoms with van der Waals surface area (Å²) in [5.74, 6) is -5.20. The molecule has 0 fully saturated rings. The van der Waals surface area contributed by atoms with Crippen molar-refractivity contribution < 1.29 is 28.7 Å². The summed E-state index contributed by atoms with van der Waals surface area (Å²) in [5, 5.41) is 0. The van der Waals surface area contributed by atoms with Crippen molar-refractivity contribution in [1.82, 2.24) is 0 Å². The van der Waals surface area contributed by atoms with E-state index >= 15 is 0 Å². The lowest BCUT2D eigenvalue weighted by molar-refractivity contribution is -0.153. The van der Waals surface area contributed by atoms with Gasteiger partial charge in [-0.1, -0.05) is 111 Å². The Morgan fingerprint density at radius 1 is 0.804 bits per heavy atom. The number of para-hydroxylation sites is 1. The van der Waals surface area contributed by atoms with Crippen LogP contribution in [0.1, 0.15) is 45.2 Å². The number of allylic oxidation sites excluding steroid dienone is 1. The van der Waals surface area contributed by atoms with E-state index < -0.39 is 40.8 Å². The van der Waals surface area contributed by atoms with Crippen molar-refractivity contribution in [3.05, 3.63) is 146 Å². The van der Waals surface area contributed by atoms with Crippen molar-refractivity contribution in [2.24, 2.45) is 11.8 Å². The van der Waals surface area contributed by atoms with Gasteiger partial charge in [-0.3, -0.25) is 24.0 Å². The summed E-state index contributed by atoms with van der Waals surface area (Å²) in [5.41, 5.74) is 0.345. The quantitative estimate of drug-likeness (QED) is 0.138. The zero-order chi connectivity index (χ0) is 32.6. The molecule has 4 aromatic rings. The summed E-state index contributed by atoms with van der Waals surface area (Å²) in [6, 6.07) is 29.4. The molecule has 230 valence electrons. The van der Waals surface area contributed by atoms with Gasteiger partial charge in [0.15, 0.2) is 11.6 Å². The van der Waals surface area contributed by atoms with E-state index in [2.05, 4.69) is 31.9 Å². The number of nitrogens with zero attached hydrogens (tertiary/aromatic N) is 1. The topological polar surface area (TPSA) is 97.8 Å². The lowest BCUT2D eigenvalue weighted by atomic mass is 9.64. The van der Waals surface area contributed by atoms with E-state index in [1.165, 1.54) is 6.92 Å². The average Bonchev–Trinajstić information content (AvgIpc) is 3.52. The largest absolute Gasteiger partial charge is 0.460 e. The van der Waals surface area contributed by atoms with Gasteiger partial charge in [-0.25, -0.2) is 4.90 Å². The maximum absolute atomic E-state index is 14.8. The highest BCUT2D eigenvalue weighted by Gasteiger charge is 2.67. The highest BCUT2D eigenvalue weighted by Crippen LogP contribution is 2.59. The number of ketones is 2. The Balaban J connectivity index is 1.55. The van der Waals surface area contributed by atoms with E-state index in [0.717, 1.165) is 10.5 Å². The van der Waals surface area contributed by atoms with Crippen molar-refractivity contribution in [3.63, 3.8) is 0 Å². The molecule has 3 atom stereocenters. The number of hydrogen-bond donors (Lipinski definition) is 0. The first-order valence-electron chi connectivity index (χ1n) is 14.6. The molecule has 0 saturated heterocycles. The molecule has 2 amide bonds. The van der Waals surface area contributed by atoms with Crippen molar-refractivity contribution in [3.8, 4) is 0 Å². The second-order valence-corrected chi connectivity index (χ2v) is 13.1. The highest BCUT2D eigenvalue weighted by atomic mass is 79.9. The molecular weight excluding hydrogens is 714 g/mol. The Labute approximate surface area is 282 Å². The SMILES string of the molecule is CC(=O)N1C(=O)[C@@]2(c3ccccc31)C(C(=O)OCc1ccccc1)C(C(=O)c1cccc(Br)c1)=C[C@H]2CC(=O)c1cccc(Br)c1. The predicted octanol–water partition coefficient (Wildman–Crippen LogP) is 7.41. The Kier molecular flexibility index (Phi) is 8.72. The number of imide groups is 1. The van der Waals surface area contributed by atoms with Gasteiger partial charge in [-0.05, 0) is 41.5 Å². The zero-order valence-corrected chi connectivity index (χ0v) is 27.8. The molecule has 1 spiro atoms. The first-order valence-corrected chi connectivity index (χ1v) is 16.2. The summed E-state index contributed by atoms with van der Waals surface area (Å²) in [4.78, 5) is 71.5. The highest BCUT2D eigenvalue weighted by molar-refractivity contribution is 9.10. The van der Waals surface area contributed by atoms with Crippen LogP contribution in [0.15, 0.2) is 124 Å². The number of fused-ring (bicyclic) bond motifs is 2. The monoisotopic (exact) mass is 739 g/mol. The number of amides is 2. The van der Waals surface area contributed by atoms with Gasteiger partial charge in [-0.2, -0.15) is 0 Å².